The van der Waals surface area contributed by atoms with Gasteiger partial charge in [-0.05, 0) is 47.5 Å². The van der Waals surface area contributed by atoms with Gasteiger partial charge >= 0.3 is 0 Å². The molecule has 0 atom stereocenters. The van der Waals surface area contributed by atoms with E-state index in [0.717, 1.165) is 4.47 Å². The Kier molecular flexibility index (Phi) is 5.35. The van der Waals surface area contributed by atoms with Crippen LogP contribution in [0.5, 0.6) is 5.75 Å². The first kappa shape index (κ1) is 13.9. The number of ether oxygens (including phenoxy) is 1. The third-order valence-corrected chi connectivity index (χ3v) is 3.07. The van der Waals surface area contributed by atoms with Crippen LogP contribution in [0.2, 0.25) is 0 Å². The summed E-state index contributed by atoms with van der Waals surface area (Å²) in [6.45, 7) is 1.54. The van der Waals surface area contributed by atoms with Crippen molar-refractivity contribution in [3.8, 4) is 5.75 Å². The first-order valence-corrected chi connectivity index (χ1v) is 6.20. The molecule has 92 valence electrons. The zero-order chi connectivity index (χ0) is 12.8. The van der Waals surface area contributed by atoms with Gasteiger partial charge in [0.25, 0.3) is 0 Å². The van der Waals surface area contributed by atoms with Crippen molar-refractivity contribution in [1.29, 1.82) is 0 Å². The summed E-state index contributed by atoms with van der Waals surface area (Å²) in [5.74, 6) is 0.865. The zero-order valence-corrected chi connectivity index (χ0v) is 11.5. The molecule has 1 aromatic carbocycles. The van der Waals surface area contributed by atoms with E-state index in [9.17, 15) is 9.59 Å². The third kappa shape index (κ3) is 4.30. The van der Waals surface area contributed by atoms with Gasteiger partial charge in [0.05, 0.1) is 7.11 Å². The highest BCUT2D eigenvalue weighted by Gasteiger charge is 2.10. The third-order valence-electron chi connectivity index (χ3n) is 2.41. The number of hydrogen-bond acceptors (Lipinski definition) is 3. The van der Waals surface area contributed by atoms with E-state index in [4.69, 9.17) is 4.74 Å². The average molecular weight is 299 g/mol. The Morgan fingerprint density at radius 3 is 2.53 bits per heavy atom. The minimum absolute atomic E-state index is 0.0424. The molecular weight excluding hydrogens is 284 g/mol. The van der Waals surface area contributed by atoms with E-state index in [1.165, 1.54) is 6.92 Å². The summed E-state index contributed by atoms with van der Waals surface area (Å²) < 4.78 is 5.78. The van der Waals surface area contributed by atoms with Crippen molar-refractivity contribution in [1.82, 2.24) is 0 Å². The lowest BCUT2D eigenvalue weighted by Gasteiger charge is -2.05. The van der Waals surface area contributed by atoms with Crippen LogP contribution in [0.4, 0.5) is 0 Å². The molecule has 0 radical (unpaired) electrons. The maximum absolute atomic E-state index is 11.9. The Morgan fingerprint density at radius 2 is 2.00 bits per heavy atom. The van der Waals surface area contributed by atoms with E-state index in [2.05, 4.69) is 15.9 Å². The fourth-order valence-corrected chi connectivity index (χ4v) is 2.06. The van der Waals surface area contributed by atoms with E-state index in [1.54, 1.807) is 25.3 Å². The van der Waals surface area contributed by atoms with Gasteiger partial charge in [0.15, 0.2) is 5.78 Å². The number of carbonyl (C=O) groups excluding carboxylic acids is 2. The molecule has 0 fully saturated rings. The number of rotatable bonds is 6. The molecule has 0 amide bonds. The van der Waals surface area contributed by atoms with E-state index in [0.29, 0.717) is 30.6 Å². The summed E-state index contributed by atoms with van der Waals surface area (Å²) in [5.41, 5.74) is 0.634. The Balaban J connectivity index is 2.66. The van der Waals surface area contributed by atoms with Gasteiger partial charge < -0.3 is 9.53 Å². The molecule has 0 aliphatic carbocycles. The van der Waals surface area contributed by atoms with E-state index in [-0.39, 0.29) is 11.6 Å². The number of carbonyl (C=O) groups is 2. The minimum atomic E-state index is 0.0424. The largest absolute Gasteiger partial charge is 0.497 e. The standard InChI is InChI=1S/C13H15BrO3/c1-9(15)4-3-5-13(16)11-7-6-10(17-2)8-12(11)14/h6-8H,3-5H2,1-2H3. The fourth-order valence-electron chi connectivity index (χ4n) is 1.48. The number of ketones is 2. The Bertz CT molecular complexity index is 427. The van der Waals surface area contributed by atoms with Gasteiger partial charge in [0.2, 0.25) is 0 Å². The normalized spacial score (nSPS) is 10.1. The predicted molar refractivity (Wildman–Crippen MR) is 69.6 cm³/mol. The SMILES string of the molecule is COc1ccc(C(=O)CCCC(C)=O)c(Br)c1. The van der Waals surface area contributed by atoms with Crippen LogP contribution in [0.25, 0.3) is 0 Å². The summed E-state index contributed by atoms with van der Waals surface area (Å²) in [6.07, 6.45) is 1.46. The van der Waals surface area contributed by atoms with E-state index < -0.39 is 0 Å². The molecule has 3 nitrogen and oxygen atoms in total. The molecule has 0 saturated carbocycles. The molecule has 0 heterocycles. The van der Waals surface area contributed by atoms with E-state index in [1.807, 2.05) is 0 Å². The molecule has 0 spiro atoms. The van der Waals surface area contributed by atoms with Gasteiger partial charge in [-0.1, -0.05) is 0 Å². The summed E-state index contributed by atoms with van der Waals surface area (Å²) in [4.78, 5) is 22.6. The van der Waals surface area contributed by atoms with Crippen molar-refractivity contribution in [2.24, 2.45) is 0 Å². The first-order valence-electron chi connectivity index (χ1n) is 5.40. The molecule has 0 aliphatic heterocycles. The summed E-state index contributed by atoms with van der Waals surface area (Å²) in [5, 5.41) is 0. The summed E-state index contributed by atoms with van der Waals surface area (Å²) in [7, 11) is 1.58. The Morgan fingerprint density at radius 1 is 1.29 bits per heavy atom. The molecule has 17 heavy (non-hydrogen) atoms. The smallest absolute Gasteiger partial charge is 0.164 e. The van der Waals surface area contributed by atoms with Crippen LogP contribution in [-0.2, 0) is 4.79 Å². The number of benzene rings is 1. The van der Waals surface area contributed by atoms with Crippen LogP contribution >= 0.6 is 15.9 Å². The maximum Gasteiger partial charge on any atom is 0.164 e. The first-order chi connectivity index (χ1) is 8.04. The molecule has 0 aliphatic rings. The molecule has 0 saturated heterocycles. The lowest BCUT2D eigenvalue weighted by atomic mass is 10.0. The zero-order valence-electron chi connectivity index (χ0n) is 9.96. The second-order valence-corrected chi connectivity index (χ2v) is 4.68. The van der Waals surface area contributed by atoms with Crippen molar-refractivity contribution in [3.63, 3.8) is 0 Å². The lowest BCUT2D eigenvalue weighted by molar-refractivity contribution is -0.117. The molecule has 0 N–H and O–H groups in total. The highest BCUT2D eigenvalue weighted by molar-refractivity contribution is 9.10. The molecule has 1 aromatic rings. The molecule has 1 rings (SSSR count). The average Bonchev–Trinajstić information content (AvgIpc) is 2.28. The molecule has 0 bridgehead atoms. The van der Waals surface area contributed by atoms with Crippen molar-refractivity contribution >= 4 is 27.5 Å². The van der Waals surface area contributed by atoms with Crippen LogP contribution in [0.3, 0.4) is 0 Å². The van der Waals surface area contributed by atoms with Crippen LogP contribution < -0.4 is 4.74 Å². The predicted octanol–water partition coefficient (Wildman–Crippen LogP) is 3.40. The Hall–Kier alpha value is -1.16. The Labute approximate surface area is 109 Å². The van der Waals surface area contributed by atoms with Crippen LogP contribution in [-0.4, -0.2) is 18.7 Å². The van der Waals surface area contributed by atoms with Crippen LogP contribution in [0.1, 0.15) is 36.5 Å². The number of methoxy groups -OCH3 is 1. The van der Waals surface area contributed by atoms with Crippen molar-refractivity contribution in [2.45, 2.75) is 26.2 Å². The highest BCUT2D eigenvalue weighted by atomic mass is 79.9. The lowest BCUT2D eigenvalue weighted by Crippen LogP contribution is -2.02. The van der Waals surface area contributed by atoms with Gasteiger partial charge in [-0.3, -0.25) is 4.79 Å². The minimum Gasteiger partial charge on any atom is -0.497 e. The topological polar surface area (TPSA) is 43.4 Å². The van der Waals surface area contributed by atoms with Gasteiger partial charge in [0.1, 0.15) is 11.5 Å². The second kappa shape index (κ2) is 6.55. The number of hydrogen-bond donors (Lipinski definition) is 0. The number of halogens is 1. The van der Waals surface area contributed by atoms with Gasteiger partial charge in [-0.15, -0.1) is 0 Å². The summed E-state index contributed by atoms with van der Waals surface area (Å²) in [6, 6.07) is 5.25. The van der Waals surface area contributed by atoms with Crippen LogP contribution in [0.15, 0.2) is 22.7 Å². The molecule has 0 aromatic heterocycles. The highest BCUT2D eigenvalue weighted by Crippen LogP contribution is 2.24. The van der Waals surface area contributed by atoms with Crippen molar-refractivity contribution in [2.75, 3.05) is 7.11 Å². The molecular formula is C13H15BrO3. The summed E-state index contributed by atoms with van der Waals surface area (Å²) >= 11 is 3.34. The number of Topliss-reactive ketones (excluding diaryl/α,β-unsaturated/α-hetero) is 2. The maximum atomic E-state index is 11.9. The quantitative estimate of drug-likeness (QED) is 0.756. The van der Waals surface area contributed by atoms with E-state index >= 15 is 0 Å². The van der Waals surface area contributed by atoms with Gasteiger partial charge in [-0.25, -0.2) is 0 Å². The van der Waals surface area contributed by atoms with Gasteiger partial charge in [-0.2, -0.15) is 0 Å². The molecule has 4 heteroatoms. The monoisotopic (exact) mass is 298 g/mol. The fraction of sp³-hybridized carbons (Fsp3) is 0.385. The van der Waals surface area contributed by atoms with Crippen molar-refractivity contribution in [3.05, 3.63) is 28.2 Å². The molecule has 0 unspecified atom stereocenters. The van der Waals surface area contributed by atoms with Crippen molar-refractivity contribution < 1.29 is 14.3 Å². The van der Waals surface area contributed by atoms with Gasteiger partial charge in [0, 0.05) is 22.9 Å². The second-order valence-electron chi connectivity index (χ2n) is 3.82. The van der Waals surface area contributed by atoms with Crippen LogP contribution in [0, 0.1) is 0 Å².